The average Bonchev–Trinajstić information content (AvgIpc) is 3.65. The number of H-pyrrole nitrogens is 1. The fourth-order valence-corrected chi connectivity index (χ4v) is 3.86. The summed E-state index contributed by atoms with van der Waals surface area (Å²) < 4.78 is 5.39. The number of anilines is 2. The van der Waals surface area contributed by atoms with Gasteiger partial charge in [0, 0.05) is 60.6 Å². The van der Waals surface area contributed by atoms with Gasteiger partial charge in [0.05, 0.1) is 13.2 Å². The van der Waals surface area contributed by atoms with Gasteiger partial charge in [-0.25, -0.2) is 4.98 Å². The second kappa shape index (κ2) is 12.1. The van der Waals surface area contributed by atoms with E-state index < -0.39 is 0 Å². The van der Waals surface area contributed by atoms with Crippen LogP contribution in [0.3, 0.4) is 0 Å². The second-order valence-corrected chi connectivity index (χ2v) is 8.76. The SMILES string of the molecule is C=CC/C(=C\C=C/Cc1cc(C(=O)N2CCOCC2)cc(Nc2cc(C3CC3)[nH]n2)n1)NC(=O)C=C. The Morgan fingerprint density at radius 2 is 1.97 bits per heavy atom. The van der Waals surface area contributed by atoms with E-state index in [1.807, 2.05) is 30.4 Å². The number of rotatable bonds is 11. The van der Waals surface area contributed by atoms with Crippen LogP contribution in [0, 0.1) is 0 Å². The standard InChI is InChI=1S/C27H32N6O3/c1-3-7-21(29-26(34)4-2)8-5-6-9-22-16-20(27(35)33-12-14-36-15-13-33)17-24(28-22)30-25-18-23(31-32-25)19-10-11-19/h3-6,8,16-19H,1-2,7,9-15H2,(H,29,34)(H2,28,30,31,32)/b6-5-,21-8+. The Morgan fingerprint density at radius 1 is 1.17 bits per heavy atom. The molecule has 1 saturated carbocycles. The van der Waals surface area contributed by atoms with Gasteiger partial charge in [0.1, 0.15) is 5.82 Å². The maximum atomic E-state index is 13.2. The highest BCUT2D eigenvalue weighted by Gasteiger charge is 2.25. The fourth-order valence-electron chi connectivity index (χ4n) is 3.86. The van der Waals surface area contributed by atoms with Crippen LogP contribution in [0.4, 0.5) is 11.6 Å². The molecule has 2 aromatic rings. The van der Waals surface area contributed by atoms with Crippen LogP contribution >= 0.6 is 0 Å². The van der Waals surface area contributed by atoms with Crippen molar-refractivity contribution in [3.05, 3.63) is 84.4 Å². The summed E-state index contributed by atoms with van der Waals surface area (Å²) in [6.45, 7) is 9.41. The van der Waals surface area contributed by atoms with Crippen LogP contribution in [0.1, 0.15) is 46.9 Å². The molecule has 0 aromatic carbocycles. The second-order valence-electron chi connectivity index (χ2n) is 8.76. The lowest BCUT2D eigenvalue weighted by atomic mass is 10.1. The van der Waals surface area contributed by atoms with Gasteiger partial charge in [-0.05, 0) is 37.1 Å². The van der Waals surface area contributed by atoms with Crippen molar-refractivity contribution in [1.82, 2.24) is 25.4 Å². The van der Waals surface area contributed by atoms with Gasteiger partial charge < -0.3 is 20.3 Å². The third-order valence-corrected chi connectivity index (χ3v) is 5.89. The molecule has 3 heterocycles. The number of hydrogen-bond donors (Lipinski definition) is 3. The van der Waals surface area contributed by atoms with Gasteiger partial charge in [-0.15, -0.1) is 6.58 Å². The molecule has 36 heavy (non-hydrogen) atoms. The number of nitrogens with one attached hydrogen (secondary N) is 3. The summed E-state index contributed by atoms with van der Waals surface area (Å²) in [7, 11) is 0. The number of pyridine rings is 1. The van der Waals surface area contributed by atoms with Crippen molar-refractivity contribution in [3.8, 4) is 0 Å². The van der Waals surface area contributed by atoms with Crippen LogP contribution in [0.15, 0.2) is 67.4 Å². The molecule has 0 radical (unpaired) electrons. The van der Waals surface area contributed by atoms with Gasteiger partial charge >= 0.3 is 0 Å². The first-order chi connectivity index (χ1) is 17.6. The van der Waals surface area contributed by atoms with Crippen LogP contribution < -0.4 is 10.6 Å². The minimum Gasteiger partial charge on any atom is -0.378 e. The summed E-state index contributed by atoms with van der Waals surface area (Å²) in [4.78, 5) is 31.3. The van der Waals surface area contributed by atoms with Crippen molar-refractivity contribution >= 4 is 23.5 Å². The van der Waals surface area contributed by atoms with Gasteiger partial charge in [-0.1, -0.05) is 24.8 Å². The molecular weight excluding hydrogens is 456 g/mol. The van der Waals surface area contributed by atoms with Gasteiger partial charge in [0.2, 0.25) is 5.91 Å². The fraction of sp³-hybridized carbons (Fsp3) is 0.333. The number of carbonyl (C=O) groups is 2. The lowest BCUT2D eigenvalue weighted by Crippen LogP contribution is -2.40. The smallest absolute Gasteiger partial charge is 0.254 e. The Balaban J connectivity index is 1.52. The maximum Gasteiger partial charge on any atom is 0.254 e. The minimum atomic E-state index is -0.272. The van der Waals surface area contributed by atoms with Crippen LogP contribution in [-0.4, -0.2) is 58.2 Å². The zero-order chi connectivity index (χ0) is 25.3. The van der Waals surface area contributed by atoms with E-state index in [4.69, 9.17) is 9.72 Å². The van der Waals surface area contributed by atoms with Crippen LogP contribution in [0.2, 0.25) is 0 Å². The number of nitrogens with zero attached hydrogens (tertiary/aromatic N) is 3. The molecule has 0 spiro atoms. The van der Waals surface area contributed by atoms with E-state index in [0.29, 0.717) is 68.0 Å². The van der Waals surface area contributed by atoms with Gasteiger partial charge in [0.25, 0.3) is 5.91 Å². The van der Waals surface area contributed by atoms with Crippen LogP contribution in [0.25, 0.3) is 0 Å². The lowest BCUT2D eigenvalue weighted by Gasteiger charge is -2.27. The highest BCUT2D eigenvalue weighted by molar-refractivity contribution is 5.95. The van der Waals surface area contributed by atoms with Crippen molar-refractivity contribution in [1.29, 1.82) is 0 Å². The van der Waals surface area contributed by atoms with Crippen molar-refractivity contribution in [2.45, 2.75) is 31.6 Å². The predicted molar refractivity (Wildman–Crippen MR) is 139 cm³/mol. The normalized spacial score (nSPS) is 16.1. The molecule has 2 aromatic heterocycles. The first-order valence-electron chi connectivity index (χ1n) is 12.2. The predicted octanol–water partition coefficient (Wildman–Crippen LogP) is 3.76. The Labute approximate surface area is 211 Å². The summed E-state index contributed by atoms with van der Waals surface area (Å²) in [5, 5.41) is 13.4. The van der Waals surface area contributed by atoms with Crippen molar-refractivity contribution in [2.24, 2.45) is 0 Å². The number of allylic oxidation sites excluding steroid dienone is 4. The van der Waals surface area contributed by atoms with Gasteiger partial charge in [-0.2, -0.15) is 5.10 Å². The van der Waals surface area contributed by atoms with E-state index in [1.165, 1.54) is 18.9 Å². The first-order valence-corrected chi connectivity index (χ1v) is 12.2. The number of carbonyl (C=O) groups excluding carboxylic acids is 2. The molecule has 2 fully saturated rings. The summed E-state index contributed by atoms with van der Waals surface area (Å²) in [6, 6.07) is 5.59. The molecule has 2 amide bonds. The molecule has 9 nitrogen and oxygen atoms in total. The van der Waals surface area contributed by atoms with E-state index in [1.54, 1.807) is 17.0 Å². The summed E-state index contributed by atoms with van der Waals surface area (Å²) in [5.74, 6) is 1.48. The molecule has 3 N–H and O–H groups in total. The molecule has 0 unspecified atom stereocenters. The molecule has 4 rings (SSSR count). The largest absolute Gasteiger partial charge is 0.378 e. The number of ether oxygens (including phenoxy) is 1. The summed E-state index contributed by atoms with van der Waals surface area (Å²) in [5.41, 5.74) is 3.13. The number of aromatic amines is 1. The number of aromatic nitrogens is 3. The van der Waals surface area contributed by atoms with Gasteiger partial charge in [0.15, 0.2) is 5.82 Å². The van der Waals surface area contributed by atoms with E-state index in [2.05, 4.69) is 34.0 Å². The maximum absolute atomic E-state index is 13.2. The molecular formula is C27H32N6O3. The quantitative estimate of drug-likeness (QED) is 0.252. The highest BCUT2D eigenvalue weighted by Crippen LogP contribution is 2.39. The molecule has 9 heteroatoms. The topological polar surface area (TPSA) is 112 Å². The molecule has 1 saturated heterocycles. The highest BCUT2D eigenvalue weighted by atomic mass is 16.5. The number of amides is 2. The Hall–Kier alpha value is -3.98. The molecule has 1 aliphatic heterocycles. The molecule has 1 aliphatic carbocycles. The Kier molecular flexibility index (Phi) is 8.46. The minimum absolute atomic E-state index is 0.0463. The van der Waals surface area contributed by atoms with Crippen molar-refractivity contribution < 1.29 is 14.3 Å². The zero-order valence-electron chi connectivity index (χ0n) is 20.3. The third-order valence-electron chi connectivity index (χ3n) is 5.89. The first kappa shape index (κ1) is 25.1. The zero-order valence-corrected chi connectivity index (χ0v) is 20.3. The number of hydrogen-bond acceptors (Lipinski definition) is 6. The summed E-state index contributed by atoms with van der Waals surface area (Å²) >= 11 is 0. The molecule has 0 atom stereocenters. The molecule has 188 valence electrons. The average molecular weight is 489 g/mol. The Morgan fingerprint density at radius 3 is 2.69 bits per heavy atom. The van der Waals surface area contributed by atoms with Crippen molar-refractivity contribution in [3.63, 3.8) is 0 Å². The third kappa shape index (κ3) is 7.02. The van der Waals surface area contributed by atoms with Crippen LogP contribution in [0.5, 0.6) is 0 Å². The summed E-state index contributed by atoms with van der Waals surface area (Å²) in [6.07, 6.45) is 11.9. The lowest BCUT2D eigenvalue weighted by molar-refractivity contribution is -0.115. The van der Waals surface area contributed by atoms with E-state index in [-0.39, 0.29) is 11.8 Å². The molecule has 2 aliphatic rings. The number of morpholine rings is 1. The van der Waals surface area contributed by atoms with E-state index in [9.17, 15) is 9.59 Å². The monoisotopic (exact) mass is 488 g/mol. The van der Waals surface area contributed by atoms with E-state index >= 15 is 0 Å². The van der Waals surface area contributed by atoms with Crippen LogP contribution in [-0.2, 0) is 16.0 Å². The van der Waals surface area contributed by atoms with Crippen molar-refractivity contribution in [2.75, 3.05) is 31.6 Å². The van der Waals surface area contributed by atoms with E-state index in [0.717, 1.165) is 11.4 Å². The molecule has 0 bridgehead atoms. The van der Waals surface area contributed by atoms with Gasteiger partial charge in [-0.3, -0.25) is 14.7 Å². The Bertz CT molecular complexity index is 1170.